The van der Waals surface area contributed by atoms with Gasteiger partial charge in [-0.2, -0.15) is 5.10 Å². The minimum atomic E-state index is -3.56. The van der Waals surface area contributed by atoms with E-state index in [9.17, 15) is 22.0 Å². The van der Waals surface area contributed by atoms with E-state index in [1.807, 2.05) is 12.1 Å². The second kappa shape index (κ2) is 8.49. The summed E-state index contributed by atoms with van der Waals surface area (Å²) in [5.41, 5.74) is 2.66. The van der Waals surface area contributed by atoms with Gasteiger partial charge in [-0.15, -0.1) is 0 Å². The third kappa shape index (κ3) is 4.06. The molecule has 6 rings (SSSR count). The second-order valence-electron chi connectivity index (χ2n) is 9.21. The molecule has 36 heavy (non-hydrogen) atoms. The Bertz CT molecular complexity index is 1570. The zero-order valence-corrected chi connectivity index (χ0v) is 19.8. The van der Waals surface area contributed by atoms with Crippen LogP contribution >= 0.6 is 0 Å². The lowest BCUT2D eigenvalue weighted by Gasteiger charge is -2.29. The number of aromatic nitrogens is 2. The number of rotatable bonds is 6. The number of benzene rings is 3. The van der Waals surface area contributed by atoms with Crippen LogP contribution in [-0.2, 0) is 14.8 Å². The van der Waals surface area contributed by atoms with E-state index < -0.39 is 33.2 Å². The van der Waals surface area contributed by atoms with Crippen molar-refractivity contribution < 1.29 is 22.0 Å². The lowest BCUT2D eigenvalue weighted by molar-refractivity contribution is -0.117. The van der Waals surface area contributed by atoms with Crippen molar-refractivity contribution >= 4 is 32.5 Å². The van der Waals surface area contributed by atoms with Gasteiger partial charge in [-0.05, 0) is 73.0 Å². The minimum Gasteiger partial charge on any atom is -0.303 e. The summed E-state index contributed by atoms with van der Waals surface area (Å²) in [6, 6.07) is 15.8. The monoisotopic (exact) mass is 508 g/mol. The van der Waals surface area contributed by atoms with Gasteiger partial charge in [0.15, 0.2) is 0 Å². The van der Waals surface area contributed by atoms with Crippen LogP contribution in [0.15, 0.2) is 72.9 Å². The van der Waals surface area contributed by atoms with Gasteiger partial charge in [-0.3, -0.25) is 4.79 Å². The average Bonchev–Trinajstić information content (AvgIpc) is 3.57. The molecule has 184 valence electrons. The average molecular weight is 509 g/mol. The maximum atomic E-state index is 13.7. The fourth-order valence-electron chi connectivity index (χ4n) is 4.83. The summed E-state index contributed by atoms with van der Waals surface area (Å²) in [6.07, 6.45) is 2.86. The van der Waals surface area contributed by atoms with Crippen LogP contribution in [0, 0.1) is 11.6 Å². The molecule has 0 spiro atoms. The van der Waals surface area contributed by atoms with Gasteiger partial charge >= 0.3 is 0 Å². The van der Waals surface area contributed by atoms with Crippen LogP contribution in [0.3, 0.4) is 0 Å². The number of anilines is 1. The Hall–Kier alpha value is -3.63. The molecule has 1 unspecified atom stereocenters. The predicted molar refractivity (Wildman–Crippen MR) is 131 cm³/mol. The van der Waals surface area contributed by atoms with Crippen molar-refractivity contribution in [2.75, 3.05) is 4.90 Å². The topological polar surface area (TPSA) is 84.3 Å². The molecule has 7 nitrogen and oxygen atoms in total. The van der Waals surface area contributed by atoms with Crippen molar-refractivity contribution in [2.45, 2.75) is 36.6 Å². The Morgan fingerprint density at radius 2 is 1.53 bits per heavy atom. The van der Waals surface area contributed by atoms with Gasteiger partial charge in [-0.1, -0.05) is 12.1 Å². The Labute approximate surface area is 206 Å². The summed E-state index contributed by atoms with van der Waals surface area (Å²) in [4.78, 5) is 14.8. The predicted octanol–water partition coefficient (Wildman–Crippen LogP) is 4.23. The lowest BCUT2D eigenvalue weighted by atomic mass is 10.0. The van der Waals surface area contributed by atoms with Crippen molar-refractivity contribution in [3.05, 3.63) is 90.1 Å². The number of carbonyl (C=O) groups is 1. The van der Waals surface area contributed by atoms with E-state index in [-0.39, 0.29) is 18.1 Å². The molecule has 10 heteroatoms. The molecule has 2 atom stereocenters. The number of carbonyl (C=O) groups excluding carboxylic acids is 1. The molecular weight excluding hydrogens is 486 g/mol. The van der Waals surface area contributed by atoms with Gasteiger partial charge in [0.05, 0.1) is 34.7 Å². The van der Waals surface area contributed by atoms with Gasteiger partial charge < -0.3 is 4.90 Å². The molecule has 2 heterocycles. The highest BCUT2D eigenvalue weighted by Gasteiger charge is 2.46. The van der Waals surface area contributed by atoms with E-state index in [4.69, 9.17) is 0 Å². The fraction of sp³-hybridized carbons (Fsp3) is 0.231. The number of halogens is 2. The quantitative estimate of drug-likeness (QED) is 0.423. The number of hydrogen-bond donors (Lipinski definition) is 1. The minimum absolute atomic E-state index is 0.0130. The van der Waals surface area contributed by atoms with E-state index >= 15 is 0 Å². The highest BCUT2D eigenvalue weighted by molar-refractivity contribution is 7.90. The molecule has 1 N–H and O–H groups in total. The molecule has 1 aromatic heterocycles. The van der Waals surface area contributed by atoms with Crippen molar-refractivity contribution in [3.8, 4) is 5.69 Å². The largest absolute Gasteiger partial charge is 0.303 e. The molecule has 1 aliphatic carbocycles. The third-order valence-electron chi connectivity index (χ3n) is 6.71. The molecule has 4 aromatic rings. The smallest absolute Gasteiger partial charge is 0.229 e. The normalized spacial score (nSPS) is 20.4. The summed E-state index contributed by atoms with van der Waals surface area (Å²) >= 11 is 0. The van der Waals surface area contributed by atoms with E-state index in [0.717, 1.165) is 10.9 Å². The summed E-state index contributed by atoms with van der Waals surface area (Å²) in [5.74, 6) is -0.999. The fourth-order valence-corrected chi connectivity index (χ4v) is 6.41. The van der Waals surface area contributed by atoms with Crippen LogP contribution in [0.1, 0.15) is 30.9 Å². The van der Waals surface area contributed by atoms with E-state index in [1.54, 1.807) is 46.1 Å². The van der Waals surface area contributed by atoms with Crippen LogP contribution in [0.5, 0.6) is 0 Å². The molecule has 0 radical (unpaired) electrons. The molecular formula is C26H22F2N4O3S. The van der Waals surface area contributed by atoms with Crippen LogP contribution in [-0.4, -0.2) is 35.4 Å². The summed E-state index contributed by atoms with van der Waals surface area (Å²) < 4.78 is 56.9. The van der Waals surface area contributed by atoms with Crippen LogP contribution in [0.4, 0.5) is 14.5 Å². The number of nitrogens with zero attached hydrogens (tertiary/aromatic N) is 3. The lowest BCUT2D eigenvalue weighted by Crippen LogP contribution is -2.41. The van der Waals surface area contributed by atoms with Crippen molar-refractivity contribution in [2.24, 2.45) is 0 Å². The standard InChI is InChI=1S/C26H22F2N4O3S/c27-18-3-1-16(2-4-18)26-23(30-36(34,35)22-10-11-22)14-25(33)31(26)21-9-12-24-17(13-21)15-29-32(24)20-7-5-19(28)6-8-20/h1-9,12-13,15,22-23,26,30H,10-11,14H2/t23-,26?/m0/s1. The van der Waals surface area contributed by atoms with Crippen LogP contribution in [0.25, 0.3) is 16.6 Å². The van der Waals surface area contributed by atoms with Crippen LogP contribution < -0.4 is 9.62 Å². The Balaban J connectivity index is 1.39. The van der Waals surface area contributed by atoms with Gasteiger partial charge in [0.2, 0.25) is 15.9 Å². The van der Waals surface area contributed by atoms with Gasteiger partial charge in [0, 0.05) is 17.5 Å². The maximum absolute atomic E-state index is 13.7. The Morgan fingerprint density at radius 3 is 2.19 bits per heavy atom. The molecule has 3 aromatic carbocycles. The van der Waals surface area contributed by atoms with Gasteiger partial charge in [0.1, 0.15) is 11.6 Å². The van der Waals surface area contributed by atoms with E-state index in [2.05, 4.69) is 9.82 Å². The molecule has 2 fully saturated rings. The third-order valence-corrected chi connectivity index (χ3v) is 8.69. The highest BCUT2D eigenvalue weighted by Crippen LogP contribution is 2.40. The summed E-state index contributed by atoms with van der Waals surface area (Å²) in [6.45, 7) is 0. The Kier molecular flexibility index (Phi) is 5.38. The summed E-state index contributed by atoms with van der Waals surface area (Å²) in [5, 5.41) is 4.74. The first-order valence-electron chi connectivity index (χ1n) is 11.6. The van der Waals surface area contributed by atoms with E-state index in [0.29, 0.717) is 29.8 Å². The number of nitrogens with one attached hydrogen (secondary N) is 1. The first kappa shape index (κ1) is 22.8. The Morgan fingerprint density at radius 1 is 0.889 bits per heavy atom. The van der Waals surface area contributed by atoms with Crippen molar-refractivity contribution in [1.29, 1.82) is 0 Å². The molecule has 1 saturated heterocycles. The first-order valence-corrected chi connectivity index (χ1v) is 13.2. The van der Waals surface area contributed by atoms with Gasteiger partial charge in [0.25, 0.3) is 0 Å². The number of sulfonamides is 1. The maximum Gasteiger partial charge on any atom is 0.229 e. The zero-order chi connectivity index (χ0) is 25.0. The van der Waals surface area contributed by atoms with Crippen molar-refractivity contribution in [3.63, 3.8) is 0 Å². The molecule has 1 saturated carbocycles. The number of fused-ring (bicyclic) bond motifs is 1. The van der Waals surface area contributed by atoms with Gasteiger partial charge in [-0.25, -0.2) is 26.6 Å². The molecule has 1 aliphatic heterocycles. The first-order chi connectivity index (χ1) is 17.3. The summed E-state index contributed by atoms with van der Waals surface area (Å²) in [7, 11) is -3.56. The highest BCUT2D eigenvalue weighted by atomic mass is 32.2. The number of amides is 1. The molecule has 2 aliphatic rings. The number of hydrogen-bond acceptors (Lipinski definition) is 4. The zero-order valence-electron chi connectivity index (χ0n) is 19.0. The van der Waals surface area contributed by atoms with Crippen LogP contribution in [0.2, 0.25) is 0 Å². The SMILES string of the molecule is O=C1C[C@H](NS(=O)(=O)C2CC2)C(c2ccc(F)cc2)N1c1ccc2c(cnn2-c2ccc(F)cc2)c1. The second-order valence-corrected chi connectivity index (χ2v) is 11.2. The molecule has 0 bridgehead atoms. The molecule has 1 amide bonds. The van der Waals surface area contributed by atoms with Crippen molar-refractivity contribution in [1.82, 2.24) is 14.5 Å². The van der Waals surface area contributed by atoms with E-state index in [1.165, 1.54) is 24.3 Å².